The lowest BCUT2D eigenvalue weighted by Crippen LogP contribution is -2.52. The first-order chi connectivity index (χ1) is 5.22. The molecular weight excluding hydrogens is 138 g/mol. The molecule has 0 aromatic rings. The molecule has 0 aromatic carbocycles. The van der Waals surface area contributed by atoms with Crippen LogP contribution in [0, 0.1) is 28.6 Å². The van der Waals surface area contributed by atoms with Gasteiger partial charge in [0.05, 0.1) is 6.07 Å². The zero-order valence-corrected chi connectivity index (χ0v) is 6.63. The van der Waals surface area contributed by atoms with Crippen molar-refractivity contribution in [2.45, 2.75) is 26.2 Å². The Labute approximate surface area is 66.2 Å². The maximum absolute atomic E-state index is 11.4. The van der Waals surface area contributed by atoms with Crippen LogP contribution in [0.4, 0.5) is 0 Å². The number of rotatable bonds is 0. The Kier molecular flexibility index (Phi) is 1.15. The van der Waals surface area contributed by atoms with E-state index in [0.717, 1.165) is 19.3 Å². The summed E-state index contributed by atoms with van der Waals surface area (Å²) in [4.78, 5) is 11.4. The molecule has 0 unspecified atom stereocenters. The van der Waals surface area contributed by atoms with Crippen LogP contribution in [-0.4, -0.2) is 5.78 Å². The number of ketones is 1. The maximum Gasteiger partial charge on any atom is 0.156 e. The molecule has 3 atom stereocenters. The number of nitrogens with zero attached hydrogens (tertiary/aromatic N) is 1. The summed E-state index contributed by atoms with van der Waals surface area (Å²) in [5, 5.41) is 8.86. The molecule has 2 rings (SSSR count). The van der Waals surface area contributed by atoms with Gasteiger partial charge in [0.2, 0.25) is 0 Å². The number of fused-ring (bicyclic) bond motifs is 1. The van der Waals surface area contributed by atoms with E-state index in [1.807, 2.05) is 6.92 Å². The molecule has 0 saturated heterocycles. The van der Waals surface area contributed by atoms with Crippen molar-refractivity contribution >= 4 is 5.78 Å². The average molecular weight is 149 g/mol. The van der Waals surface area contributed by atoms with Crippen LogP contribution in [0.15, 0.2) is 0 Å². The largest absolute Gasteiger partial charge is 0.298 e. The highest BCUT2D eigenvalue weighted by Gasteiger charge is 2.62. The summed E-state index contributed by atoms with van der Waals surface area (Å²) in [6, 6.07) is 2.21. The maximum atomic E-state index is 11.4. The Hall–Kier alpha value is -0.840. The molecule has 0 radical (unpaired) electrons. The zero-order chi connectivity index (χ0) is 8.06. The standard InChI is InChI=1S/C9H11NO/c1-6-7-3-2-4-9(7,5-10)8(6)11/h6-7H,2-4H2,1H3/t6-,7+,9-/m0/s1. The molecule has 2 heteroatoms. The van der Waals surface area contributed by atoms with Crippen LogP contribution >= 0.6 is 0 Å². The first-order valence-electron chi connectivity index (χ1n) is 4.18. The minimum absolute atomic E-state index is 0.164. The van der Waals surface area contributed by atoms with Crippen molar-refractivity contribution < 1.29 is 4.79 Å². The Morgan fingerprint density at radius 2 is 2.45 bits per heavy atom. The summed E-state index contributed by atoms with van der Waals surface area (Å²) in [5.74, 6) is 0.750. The first kappa shape index (κ1) is 6.84. The highest BCUT2D eigenvalue weighted by molar-refractivity contribution is 5.96. The van der Waals surface area contributed by atoms with Gasteiger partial charge in [-0.15, -0.1) is 0 Å². The zero-order valence-electron chi connectivity index (χ0n) is 6.63. The molecule has 2 fully saturated rings. The molecule has 2 aliphatic rings. The molecule has 2 aliphatic carbocycles. The van der Waals surface area contributed by atoms with E-state index in [4.69, 9.17) is 5.26 Å². The molecule has 2 nitrogen and oxygen atoms in total. The second-order valence-corrected chi connectivity index (χ2v) is 3.73. The van der Waals surface area contributed by atoms with Gasteiger partial charge in [0, 0.05) is 5.92 Å². The van der Waals surface area contributed by atoms with Crippen LogP contribution in [0.1, 0.15) is 26.2 Å². The monoisotopic (exact) mass is 149 g/mol. The van der Waals surface area contributed by atoms with E-state index in [2.05, 4.69) is 6.07 Å². The molecule has 58 valence electrons. The van der Waals surface area contributed by atoms with Gasteiger partial charge in [0.15, 0.2) is 5.78 Å². The lowest BCUT2D eigenvalue weighted by molar-refractivity contribution is -0.146. The van der Waals surface area contributed by atoms with Crippen molar-refractivity contribution in [3.05, 3.63) is 0 Å². The van der Waals surface area contributed by atoms with Crippen molar-refractivity contribution in [1.29, 1.82) is 5.26 Å². The minimum atomic E-state index is -0.528. The van der Waals surface area contributed by atoms with Crippen LogP contribution in [0.25, 0.3) is 0 Å². The number of Topliss-reactive ketones (excluding diaryl/α,β-unsaturated/α-hetero) is 1. The molecule has 0 N–H and O–H groups in total. The SMILES string of the molecule is C[C@@H]1C(=O)[C@]2(C#N)CCC[C@H]12. The van der Waals surface area contributed by atoms with Gasteiger partial charge in [-0.1, -0.05) is 13.3 Å². The number of nitriles is 1. The molecule has 2 saturated carbocycles. The lowest BCUT2D eigenvalue weighted by atomic mass is 9.56. The van der Waals surface area contributed by atoms with Crippen LogP contribution in [-0.2, 0) is 4.79 Å². The quantitative estimate of drug-likeness (QED) is 0.524. The Morgan fingerprint density at radius 3 is 3.00 bits per heavy atom. The summed E-state index contributed by atoms with van der Waals surface area (Å²) in [5.41, 5.74) is -0.528. The van der Waals surface area contributed by atoms with Crippen molar-refractivity contribution in [3.63, 3.8) is 0 Å². The first-order valence-corrected chi connectivity index (χ1v) is 4.18. The Bertz CT molecular complexity index is 253. The highest BCUT2D eigenvalue weighted by Crippen LogP contribution is 2.57. The molecule has 0 aliphatic heterocycles. The molecule has 0 heterocycles. The molecule has 11 heavy (non-hydrogen) atoms. The fourth-order valence-electron chi connectivity index (χ4n) is 2.70. The van der Waals surface area contributed by atoms with Crippen LogP contribution in [0.2, 0.25) is 0 Å². The van der Waals surface area contributed by atoms with Gasteiger partial charge in [-0.3, -0.25) is 4.79 Å². The minimum Gasteiger partial charge on any atom is -0.298 e. The summed E-state index contributed by atoms with van der Waals surface area (Å²) >= 11 is 0. The summed E-state index contributed by atoms with van der Waals surface area (Å²) < 4.78 is 0. The number of carbonyl (C=O) groups is 1. The summed E-state index contributed by atoms with van der Waals surface area (Å²) in [7, 11) is 0. The fraction of sp³-hybridized carbons (Fsp3) is 0.778. The van der Waals surface area contributed by atoms with E-state index in [-0.39, 0.29) is 11.7 Å². The molecule has 0 aromatic heterocycles. The molecule has 0 amide bonds. The average Bonchev–Trinajstić information content (AvgIpc) is 2.43. The van der Waals surface area contributed by atoms with E-state index < -0.39 is 5.41 Å². The number of hydrogen-bond acceptors (Lipinski definition) is 2. The number of hydrogen-bond donors (Lipinski definition) is 0. The van der Waals surface area contributed by atoms with Crippen LogP contribution < -0.4 is 0 Å². The van der Waals surface area contributed by atoms with Crippen molar-refractivity contribution in [2.75, 3.05) is 0 Å². The van der Waals surface area contributed by atoms with E-state index in [9.17, 15) is 4.79 Å². The molecular formula is C9H11NO. The third kappa shape index (κ3) is 0.552. The topological polar surface area (TPSA) is 40.9 Å². The van der Waals surface area contributed by atoms with E-state index >= 15 is 0 Å². The Morgan fingerprint density at radius 1 is 1.73 bits per heavy atom. The van der Waals surface area contributed by atoms with Crippen LogP contribution in [0.3, 0.4) is 0 Å². The third-order valence-corrected chi connectivity index (χ3v) is 3.38. The predicted octanol–water partition coefficient (Wildman–Crippen LogP) is 1.52. The van der Waals surface area contributed by atoms with Gasteiger partial charge in [-0.05, 0) is 18.8 Å². The fourth-order valence-corrected chi connectivity index (χ4v) is 2.70. The van der Waals surface area contributed by atoms with Crippen molar-refractivity contribution in [2.24, 2.45) is 17.3 Å². The number of carbonyl (C=O) groups excluding carboxylic acids is 1. The second-order valence-electron chi connectivity index (χ2n) is 3.73. The highest BCUT2D eigenvalue weighted by atomic mass is 16.1. The Balaban J connectivity index is 2.34. The predicted molar refractivity (Wildman–Crippen MR) is 39.6 cm³/mol. The third-order valence-electron chi connectivity index (χ3n) is 3.38. The van der Waals surface area contributed by atoms with Crippen molar-refractivity contribution in [3.8, 4) is 6.07 Å². The van der Waals surface area contributed by atoms with Crippen LogP contribution in [0.5, 0.6) is 0 Å². The lowest BCUT2D eigenvalue weighted by Gasteiger charge is -2.43. The molecule has 0 bridgehead atoms. The van der Waals surface area contributed by atoms with Gasteiger partial charge in [-0.25, -0.2) is 0 Å². The normalized spacial score (nSPS) is 47.8. The van der Waals surface area contributed by atoms with E-state index in [1.54, 1.807) is 0 Å². The van der Waals surface area contributed by atoms with E-state index in [0.29, 0.717) is 5.92 Å². The summed E-state index contributed by atoms with van der Waals surface area (Å²) in [6.45, 7) is 1.95. The van der Waals surface area contributed by atoms with Gasteiger partial charge in [0.25, 0.3) is 0 Å². The van der Waals surface area contributed by atoms with Gasteiger partial charge >= 0.3 is 0 Å². The second kappa shape index (κ2) is 1.85. The molecule has 0 spiro atoms. The van der Waals surface area contributed by atoms with E-state index in [1.165, 1.54) is 0 Å². The summed E-state index contributed by atoms with van der Waals surface area (Å²) in [6.07, 6.45) is 2.96. The van der Waals surface area contributed by atoms with Crippen molar-refractivity contribution in [1.82, 2.24) is 0 Å². The van der Waals surface area contributed by atoms with Gasteiger partial charge in [0.1, 0.15) is 5.41 Å². The van der Waals surface area contributed by atoms with Gasteiger partial charge in [-0.2, -0.15) is 5.26 Å². The van der Waals surface area contributed by atoms with Gasteiger partial charge < -0.3 is 0 Å². The smallest absolute Gasteiger partial charge is 0.156 e.